The summed E-state index contributed by atoms with van der Waals surface area (Å²) in [4.78, 5) is 17.0. The summed E-state index contributed by atoms with van der Waals surface area (Å²) in [7, 11) is 0. The summed E-state index contributed by atoms with van der Waals surface area (Å²) in [5, 5.41) is 0. The summed E-state index contributed by atoms with van der Waals surface area (Å²) < 4.78 is 0. The molecule has 1 aliphatic carbocycles. The number of hydrogen-bond acceptors (Lipinski definition) is 3. The predicted molar refractivity (Wildman–Crippen MR) is 109 cm³/mol. The molecule has 2 fully saturated rings. The van der Waals surface area contributed by atoms with Crippen LogP contribution in [0.3, 0.4) is 0 Å². The van der Waals surface area contributed by atoms with E-state index in [2.05, 4.69) is 36.1 Å². The normalized spacial score (nSPS) is 23.4. The number of carbonyl (C=O) groups is 1. The lowest BCUT2D eigenvalue weighted by atomic mass is 9.82. The van der Waals surface area contributed by atoms with E-state index in [-0.39, 0.29) is 30.9 Å². The predicted octanol–water partition coefficient (Wildman–Crippen LogP) is 3.39. The number of anilines is 1. The fraction of sp³-hybridized carbons (Fsp3) is 0.632. The molecule has 0 radical (unpaired) electrons. The Morgan fingerprint density at radius 3 is 2.36 bits per heavy atom. The van der Waals surface area contributed by atoms with Gasteiger partial charge in [-0.25, -0.2) is 0 Å². The molecule has 1 saturated carbocycles. The van der Waals surface area contributed by atoms with Crippen LogP contribution in [0.25, 0.3) is 0 Å². The van der Waals surface area contributed by atoms with Gasteiger partial charge in [-0.2, -0.15) is 0 Å². The van der Waals surface area contributed by atoms with Crippen molar-refractivity contribution in [3.8, 4) is 0 Å². The maximum atomic E-state index is 12.6. The van der Waals surface area contributed by atoms with Crippen molar-refractivity contribution in [3.05, 3.63) is 29.8 Å². The molecule has 2 aliphatic rings. The monoisotopic (exact) mass is 387 g/mol. The highest BCUT2D eigenvalue weighted by atomic mass is 35.5. The van der Waals surface area contributed by atoms with Crippen molar-refractivity contribution in [2.75, 3.05) is 31.1 Å². The number of carbonyl (C=O) groups excluding carboxylic acids is 1. The molecule has 142 valence electrons. The topological polar surface area (TPSA) is 49.6 Å². The molecule has 0 spiro atoms. The lowest BCUT2D eigenvalue weighted by Crippen LogP contribution is -2.50. The number of halogens is 2. The van der Waals surface area contributed by atoms with Crippen LogP contribution in [0, 0.1) is 12.8 Å². The van der Waals surface area contributed by atoms with Crippen molar-refractivity contribution < 1.29 is 4.79 Å². The molecule has 1 aliphatic heterocycles. The number of aryl methyl sites for hydroxylation is 1. The van der Waals surface area contributed by atoms with E-state index in [4.69, 9.17) is 5.73 Å². The van der Waals surface area contributed by atoms with Gasteiger partial charge in [0.1, 0.15) is 0 Å². The molecule has 1 amide bonds. The third-order valence-electron chi connectivity index (χ3n) is 5.49. The third-order valence-corrected chi connectivity index (χ3v) is 5.49. The molecule has 1 heterocycles. The Morgan fingerprint density at radius 1 is 1.08 bits per heavy atom. The van der Waals surface area contributed by atoms with Gasteiger partial charge in [-0.05, 0) is 37.3 Å². The SMILES string of the molecule is Cc1ccccc1N1CCN(C(=O)CC2CCCCC2N)CC1.Cl.Cl. The second-order valence-corrected chi connectivity index (χ2v) is 7.07. The molecule has 4 nitrogen and oxygen atoms in total. The first-order valence-corrected chi connectivity index (χ1v) is 8.99. The molecule has 2 N–H and O–H groups in total. The summed E-state index contributed by atoms with van der Waals surface area (Å²) >= 11 is 0. The lowest BCUT2D eigenvalue weighted by Gasteiger charge is -2.38. The van der Waals surface area contributed by atoms with E-state index in [0.717, 1.165) is 39.0 Å². The van der Waals surface area contributed by atoms with E-state index in [9.17, 15) is 4.79 Å². The number of nitrogens with zero attached hydrogens (tertiary/aromatic N) is 2. The van der Waals surface area contributed by atoms with Crippen LogP contribution in [0.15, 0.2) is 24.3 Å². The molecular formula is C19H31Cl2N3O. The third kappa shape index (κ3) is 5.50. The lowest BCUT2D eigenvalue weighted by molar-refractivity contribution is -0.132. The molecule has 2 atom stereocenters. The van der Waals surface area contributed by atoms with Gasteiger partial charge in [-0.15, -0.1) is 24.8 Å². The van der Waals surface area contributed by atoms with Gasteiger partial charge >= 0.3 is 0 Å². The van der Waals surface area contributed by atoms with E-state index >= 15 is 0 Å². The van der Waals surface area contributed by atoms with Crippen LogP contribution < -0.4 is 10.6 Å². The molecule has 25 heavy (non-hydrogen) atoms. The standard InChI is InChI=1S/C19H29N3O.2ClH/c1-15-6-2-5-9-18(15)21-10-12-22(13-11-21)19(23)14-16-7-3-4-8-17(16)20;;/h2,5-6,9,16-17H,3-4,7-8,10-14,20H2,1H3;2*1H. The minimum atomic E-state index is 0. The molecule has 3 rings (SSSR count). The van der Waals surface area contributed by atoms with Crippen LogP contribution >= 0.6 is 24.8 Å². The Kier molecular flexibility index (Phi) is 9.04. The number of para-hydroxylation sites is 1. The number of piperazine rings is 1. The molecule has 0 aromatic heterocycles. The first-order valence-electron chi connectivity index (χ1n) is 8.99. The van der Waals surface area contributed by atoms with Crippen molar-refractivity contribution in [1.29, 1.82) is 0 Å². The van der Waals surface area contributed by atoms with Crippen molar-refractivity contribution in [1.82, 2.24) is 4.90 Å². The Labute approximate surface area is 163 Å². The minimum Gasteiger partial charge on any atom is -0.368 e. The summed E-state index contributed by atoms with van der Waals surface area (Å²) in [6, 6.07) is 8.71. The van der Waals surface area contributed by atoms with Gasteiger partial charge < -0.3 is 15.5 Å². The molecule has 0 bridgehead atoms. The molecule has 2 unspecified atom stereocenters. The maximum Gasteiger partial charge on any atom is 0.223 e. The fourth-order valence-electron chi connectivity index (χ4n) is 3.96. The second-order valence-electron chi connectivity index (χ2n) is 7.07. The first-order chi connectivity index (χ1) is 11.1. The van der Waals surface area contributed by atoms with E-state index in [1.807, 2.05) is 4.90 Å². The number of rotatable bonds is 3. The molecule has 1 aromatic carbocycles. The summed E-state index contributed by atoms with van der Waals surface area (Å²) in [5.41, 5.74) is 8.80. The van der Waals surface area contributed by atoms with Gasteiger partial charge in [-0.3, -0.25) is 4.79 Å². The molecule has 1 aromatic rings. The summed E-state index contributed by atoms with van der Waals surface area (Å²) in [5.74, 6) is 0.697. The Hall–Kier alpha value is -0.970. The highest BCUT2D eigenvalue weighted by Gasteiger charge is 2.28. The van der Waals surface area contributed by atoms with Crippen molar-refractivity contribution in [2.45, 2.75) is 45.1 Å². The second kappa shape index (κ2) is 10.2. The van der Waals surface area contributed by atoms with Crippen LogP contribution in [-0.2, 0) is 4.79 Å². The Bertz CT molecular complexity index is 547. The zero-order valence-electron chi connectivity index (χ0n) is 15.0. The van der Waals surface area contributed by atoms with Crippen LogP contribution in [-0.4, -0.2) is 43.0 Å². The molecule has 1 saturated heterocycles. The molecule has 6 heteroatoms. The van der Waals surface area contributed by atoms with Gasteiger partial charge in [0.05, 0.1) is 0 Å². The number of nitrogens with two attached hydrogens (primary N) is 1. The quantitative estimate of drug-likeness (QED) is 0.864. The average molecular weight is 388 g/mol. The first kappa shape index (κ1) is 22.1. The number of hydrogen-bond donors (Lipinski definition) is 1. The number of amides is 1. The van der Waals surface area contributed by atoms with Crippen LogP contribution in [0.1, 0.15) is 37.7 Å². The highest BCUT2D eigenvalue weighted by Crippen LogP contribution is 2.27. The summed E-state index contributed by atoms with van der Waals surface area (Å²) in [6.45, 7) is 5.65. The molecular weight excluding hydrogens is 357 g/mol. The van der Waals surface area contributed by atoms with Gasteiger partial charge in [0.25, 0.3) is 0 Å². The van der Waals surface area contributed by atoms with Crippen molar-refractivity contribution in [2.24, 2.45) is 11.7 Å². The Morgan fingerprint density at radius 2 is 1.72 bits per heavy atom. The highest BCUT2D eigenvalue weighted by molar-refractivity contribution is 5.85. The van der Waals surface area contributed by atoms with Gasteiger partial charge in [0.2, 0.25) is 5.91 Å². The van der Waals surface area contributed by atoms with Crippen LogP contribution in [0.2, 0.25) is 0 Å². The van der Waals surface area contributed by atoms with Gasteiger partial charge in [0, 0.05) is 44.3 Å². The minimum absolute atomic E-state index is 0. The largest absolute Gasteiger partial charge is 0.368 e. The Balaban J connectivity index is 0.00000156. The van der Waals surface area contributed by atoms with E-state index in [1.165, 1.54) is 24.1 Å². The van der Waals surface area contributed by atoms with Crippen molar-refractivity contribution in [3.63, 3.8) is 0 Å². The summed E-state index contributed by atoms with van der Waals surface area (Å²) in [6.07, 6.45) is 5.30. The number of benzene rings is 1. The van der Waals surface area contributed by atoms with E-state index < -0.39 is 0 Å². The fourth-order valence-corrected chi connectivity index (χ4v) is 3.96. The zero-order valence-corrected chi connectivity index (χ0v) is 16.7. The average Bonchev–Trinajstić information content (AvgIpc) is 2.57. The van der Waals surface area contributed by atoms with E-state index in [1.54, 1.807) is 0 Å². The zero-order chi connectivity index (χ0) is 16.2. The maximum absolute atomic E-state index is 12.6. The van der Waals surface area contributed by atoms with E-state index in [0.29, 0.717) is 18.2 Å². The van der Waals surface area contributed by atoms with Gasteiger partial charge in [0.15, 0.2) is 0 Å². The van der Waals surface area contributed by atoms with Crippen LogP contribution in [0.4, 0.5) is 5.69 Å². The van der Waals surface area contributed by atoms with Crippen LogP contribution in [0.5, 0.6) is 0 Å². The van der Waals surface area contributed by atoms with Crippen molar-refractivity contribution >= 4 is 36.4 Å². The smallest absolute Gasteiger partial charge is 0.223 e. The van der Waals surface area contributed by atoms with Gasteiger partial charge in [-0.1, -0.05) is 31.0 Å².